The molecule has 2 rings (SSSR count). The van der Waals surface area contributed by atoms with E-state index in [0.29, 0.717) is 6.54 Å². The minimum atomic E-state index is -1.01. The third-order valence-corrected chi connectivity index (χ3v) is 3.17. The summed E-state index contributed by atoms with van der Waals surface area (Å²) in [5.74, 6) is -0.996. The fraction of sp³-hybridized carbons (Fsp3) is 0.400. The fourth-order valence-electron chi connectivity index (χ4n) is 2.19. The van der Waals surface area contributed by atoms with Crippen LogP contribution >= 0.6 is 0 Å². The van der Waals surface area contributed by atoms with Crippen molar-refractivity contribution in [3.63, 3.8) is 0 Å². The Morgan fingerprint density at radius 3 is 2.48 bits per heavy atom. The predicted molar refractivity (Wildman–Crippen MR) is 81.9 cm³/mol. The molecule has 122 valence electrons. The Morgan fingerprint density at radius 2 is 1.96 bits per heavy atom. The molecule has 0 atom stereocenters. The lowest BCUT2D eigenvalue weighted by atomic mass is 10.1. The van der Waals surface area contributed by atoms with Crippen molar-refractivity contribution in [1.82, 2.24) is 25.1 Å². The molecule has 0 fully saturated rings. The molecule has 0 saturated heterocycles. The van der Waals surface area contributed by atoms with E-state index >= 15 is 0 Å². The number of amides is 1. The highest BCUT2D eigenvalue weighted by Crippen LogP contribution is 2.10. The Balaban J connectivity index is 2.04. The number of hydrogen-bond acceptors (Lipinski definition) is 5. The molecule has 8 nitrogen and oxygen atoms in total. The molecule has 2 aromatic rings. The normalized spacial score (nSPS) is 10.7. The molecular formula is C15H19N5O3. The third kappa shape index (κ3) is 4.87. The molecule has 0 aliphatic rings. The zero-order valence-corrected chi connectivity index (χ0v) is 13.1. The van der Waals surface area contributed by atoms with Gasteiger partial charge in [0.2, 0.25) is 5.91 Å². The average Bonchev–Trinajstić information content (AvgIpc) is 3.00. The van der Waals surface area contributed by atoms with Crippen molar-refractivity contribution in [2.75, 3.05) is 13.1 Å². The SMILES string of the molecule is CC(C)CN(CC(=O)O)C(=O)Cc1ccc(-n2cnnn2)cc1. The smallest absolute Gasteiger partial charge is 0.323 e. The second kappa shape index (κ2) is 7.48. The van der Waals surface area contributed by atoms with Crippen molar-refractivity contribution >= 4 is 11.9 Å². The van der Waals surface area contributed by atoms with E-state index in [4.69, 9.17) is 5.11 Å². The van der Waals surface area contributed by atoms with Gasteiger partial charge in [0.05, 0.1) is 12.1 Å². The summed E-state index contributed by atoms with van der Waals surface area (Å²) in [7, 11) is 0. The molecule has 0 aliphatic heterocycles. The summed E-state index contributed by atoms with van der Waals surface area (Å²) in [5.41, 5.74) is 1.60. The van der Waals surface area contributed by atoms with Gasteiger partial charge in [-0.3, -0.25) is 9.59 Å². The maximum atomic E-state index is 12.3. The summed E-state index contributed by atoms with van der Waals surface area (Å²) in [4.78, 5) is 24.6. The lowest BCUT2D eigenvalue weighted by molar-refractivity contribution is -0.144. The number of carbonyl (C=O) groups is 2. The number of benzene rings is 1. The van der Waals surface area contributed by atoms with E-state index in [9.17, 15) is 9.59 Å². The van der Waals surface area contributed by atoms with Crippen molar-refractivity contribution in [3.8, 4) is 5.69 Å². The van der Waals surface area contributed by atoms with Crippen molar-refractivity contribution in [2.24, 2.45) is 5.92 Å². The first-order valence-electron chi connectivity index (χ1n) is 7.27. The van der Waals surface area contributed by atoms with Crippen LogP contribution in [-0.4, -0.2) is 55.2 Å². The Bertz CT molecular complexity index is 652. The van der Waals surface area contributed by atoms with Crippen LogP contribution in [0.3, 0.4) is 0 Å². The first kappa shape index (κ1) is 16.6. The molecular weight excluding hydrogens is 298 g/mol. The predicted octanol–water partition coefficient (Wildman–Crippen LogP) is 0.774. The van der Waals surface area contributed by atoms with Gasteiger partial charge in [-0.15, -0.1) is 5.10 Å². The van der Waals surface area contributed by atoms with Gasteiger partial charge in [-0.1, -0.05) is 26.0 Å². The third-order valence-electron chi connectivity index (χ3n) is 3.17. The largest absolute Gasteiger partial charge is 0.480 e. The average molecular weight is 317 g/mol. The summed E-state index contributed by atoms with van der Waals surface area (Å²) >= 11 is 0. The monoisotopic (exact) mass is 317 g/mol. The second-order valence-corrected chi connectivity index (χ2v) is 5.66. The number of hydrogen-bond donors (Lipinski definition) is 1. The molecule has 1 N–H and O–H groups in total. The van der Waals surface area contributed by atoms with Gasteiger partial charge in [0.1, 0.15) is 12.9 Å². The molecule has 0 radical (unpaired) electrons. The van der Waals surface area contributed by atoms with E-state index < -0.39 is 5.97 Å². The number of tetrazole rings is 1. The van der Waals surface area contributed by atoms with E-state index in [2.05, 4.69) is 15.5 Å². The molecule has 0 unspecified atom stereocenters. The van der Waals surface area contributed by atoms with Crippen LogP contribution in [0.1, 0.15) is 19.4 Å². The van der Waals surface area contributed by atoms with Gasteiger partial charge in [0.15, 0.2) is 0 Å². The maximum Gasteiger partial charge on any atom is 0.323 e. The fourth-order valence-corrected chi connectivity index (χ4v) is 2.19. The summed E-state index contributed by atoms with van der Waals surface area (Å²) in [6.07, 6.45) is 1.65. The van der Waals surface area contributed by atoms with E-state index in [1.54, 1.807) is 0 Å². The van der Waals surface area contributed by atoms with Crippen molar-refractivity contribution < 1.29 is 14.7 Å². The van der Waals surface area contributed by atoms with Crippen molar-refractivity contribution in [3.05, 3.63) is 36.2 Å². The van der Waals surface area contributed by atoms with E-state index in [1.165, 1.54) is 15.9 Å². The van der Waals surface area contributed by atoms with Gasteiger partial charge in [0, 0.05) is 6.54 Å². The van der Waals surface area contributed by atoms with Gasteiger partial charge in [0.25, 0.3) is 0 Å². The minimum Gasteiger partial charge on any atom is -0.480 e. The van der Waals surface area contributed by atoms with Crippen LogP contribution in [0.25, 0.3) is 5.69 Å². The van der Waals surface area contributed by atoms with Gasteiger partial charge in [-0.2, -0.15) is 0 Å². The van der Waals surface area contributed by atoms with Crippen LogP contribution in [0.15, 0.2) is 30.6 Å². The van der Waals surface area contributed by atoms with E-state index in [-0.39, 0.29) is 24.8 Å². The van der Waals surface area contributed by atoms with Crippen LogP contribution in [-0.2, 0) is 16.0 Å². The van der Waals surface area contributed by atoms with Crippen molar-refractivity contribution in [1.29, 1.82) is 0 Å². The number of carboxylic acids is 1. The summed E-state index contributed by atoms with van der Waals surface area (Å²) in [6, 6.07) is 7.23. The lowest BCUT2D eigenvalue weighted by Crippen LogP contribution is -2.39. The highest BCUT2D eigenvalue weighted by Gasteiger charge is 2.18. The molecule has 1 heterocycles. The molecule has 0 aliphatic carbocycles. The Morgan fingerprint density at radius 1 is 1.26 bits per heavy atom. The van der Waals surface area contributed by atoms with E-state index in [0.717, 1.165) is 11.3 Å². The standard InChI is InChI=1S/C15H19N5O3/c1-11(2)8-19(9-15(22)23)14(21)7-12-3-5-13(6-4-12)20-10-16-17-18-20/h3-6,10-11H,7-9H2,1-2H3,(H,22,23). The van der Waals surface area contributed by atoms with E-state index in [1.807, 2.05) is 38.1 Å². The molecule has 0 saturated carbocycles. The quantitative estimate of drug-likeness (QED) is 0.809. The van der Waals surface area contributed by atoms with Gasteiger partial charge < -0.3 is 10.0 Å². The summed E-state index contributed by atoms with van der Waals surface area (Å²) in [6.45, 7) is 4.04. The second-order valence-electron chi connectivity index (χ2n) is 5.66. The zero-order valence-electron chi connectivity index (χ0n) is 13.1. The minimum absolute atomic E-state index is 0.163. The topological polar surface area (TPSA) is 101 Å². The molecule has 1 aromatic heterocycles. The van der Waals surface area contributed by atoms with Crippen LogP contribution in [0.5, 0.6) is 0 Å². The Hall–Kier alpha value is -2.77. The zero-order chi connectivity index (χ0) is 16.8. The molecule has 8 heteroatoms. The highest BCUT2D eigenvalue weighted by atomic mass is 16.4. The first-order chi connectivity index (χ1) is 11.0. The molecule has 1 aromatic carbocycles. The summed E-state index contributed by atoms with van der Waals surface area (Å²) in [5, 5.41) is 19.9. The van der Waals surface area contributed by atoms with Crippen LogP contribution < -0.4 is 0 Å². The lowest BCUT2D eigenvalue weighted by Gasteiger charge is -2.22. The number of carboxylic acid groups (broad SMARTS) is 1. The molecule has 23 heavy (non-hydrogen) atoms. The molecule has 0 spiro atoms. The van der Waals surface area contributed by atoms with Gasteiger partial charge >= 0.3 is 5.97 Å². The summed E-state index contributed by atoms with van der Waals surface area (Å²) < 4.78 is 1.51. The number of nitrogens with zero attached hydrogens (tertiary/aromatic N) is 5. The van der Waals surface area contributed by atoms with Gasteiger partial charge in [-0.05, 0) is 34.0 Å². The molecule has 1 amide bonds. The number of aliphatic carboxylic acids is 1. The maximum absolute atomic E-state index is 12.3. The Kier molecular flexibility index (Phi) is 5.40. The number of aromatic nitrogens is 4. The first-order valence-corrected chi connectivity index (χ1v) is 7.27. The van der Waals surface area contributed by atoms with Crippen molar-refractivity contribution in [2.45, 2.75) is 20.3 Å². The Labute approximate surface area is 133 Å². The van der Waals surface area contributed by atoms with Crippen LogP contribution in [0.4, 0.5) is 0 Å². The highest BCUT2D eigenvalue weighted by molar-refractivity contribution is 5.83. The number of rotatable bonds is 7. The van der Waals surface area contributed by atoms with Crippen LogP contribution in [0.2, 0.25) is 0 Å². The molecule has 0 bridgehead atoms. The number of carbonyl (C=O) groups excluding carboxylic acids is 1. The van der Waals surface area contributed by atoms with Crippen LogP contribution in [0, 0.1) is 5.92 Å². The van der Waals surface area contributed by atoms with Gasteiger partial charge in [-0.25, -0.2) is 4.68 Å².